The van der Waals surface area contributed by atoms with Gasteiger partial charge in [-0.2, -0.15) is 0 Å². The molecule has 2 aromatic rings. The van der Waals surface area contributed by atoms with Crippen molar-refractivity contribution in [3.63, 3.8) is 0 Å². The molecule has 0 aliphatic rings. The summed E-state index contributed by atoms with van der Waals surface area (Å²) >= 11 is 0. The van der Waals surface area contributed by atoms with Gasteiger partial charge in [0.1, 0.15) is 5.69 Å². The lowest BCUT2D eigenvalue weighted by Crippen LogP contribution is -2.47. The van der Waals surface area contributed by atoms with Crippen molar-refractivity contribution in [2.45, 2.75) is 26.4 Å². The van der Waals surface area contributed by atoms with E-state index in [-0.39, 0.29) is 43.2 Å². The highest BCUT2D eigenvalue weighted by Gasteiger charge is 2.17. The number of hydrogen-bond acceptors (Lipinski definition) is 5. The van der Waals surface area contributed by atoms with Crippen LogP contribution in [-0.4, -0.2) is 29.6 Å². The predicted octanol–water partition coefficient (Wildman–Crippen LogP) is 1.48. The van der Waals surface area contributed by atoms with Gasteiger partial charge in [0.25, 0.3) is 0 Å². The number of amides is 2. The number of halogens is 1. The van der Waals surface area contributed by atoms with Crippen LogP contribution in [0.5, 0.6) is 0 Å². The van der Waals surface area contributed by atoms with Gasteiger partial charge in [-0.15, -0.1) is 12.4 Å². The molecule has 1 atom stereocenters. The molecule has 0 aliphatic carbocycles. The first-order valence-corrected chi connectivity index (χ1v) is 7.78. The van der Waals surface area contributed by atoms with Gasteiger partial charge in [-0.05, 0) is 5.92 Å². The van der Waals surface area contributed by atoms with Crippen molar-refractivity contribution in [1.29, 1.82) is 0 Å². The Morgan fingerprint density at radius 3 is 2.52 bits per heavy atom. The molecule has 0 saturated carbocycles. The molecule has 0 unspecified atom stereocenters. The molecule has 1 aromatic carbocycles. The van der Waals surface area contributed by atoms with Gasteiger partial charge in [0.15, 0.2) is 5.76 Å². The maximum absolute atomic E-state index is 11.8. The fourth-order valence-electron chi connectivity index (χ4n) is 1.98. The third-order valence-corrected chi connectivity index (χ3v) is 3.53. The van der Waals surface area contributed by atoms with E-state index >= 15 is 0 Å². The molecule has 2 amide bonds. The molecule has 0 bridgehead atoms. The van der Waals surface area contributed by atoms with Crippen LogP contribution in [0.15, 0.2) is 40.9 Å². The normalized spacial score (nSPS) is 11.5. The highest BCUT2D eigenvalue weighted by molar-refractivity contribution is 5.87. The summed E-state index contributed by atoms with van der Waals surface area (Å²) in [5.74, 6) is -0.116. The first-order chi connectivity index (χ1) is 11.5. The van der Waals surface area contributed by atoms with Crippen molar-refractivity contribution in [3.8, 4) is 11.3 Å². The SMILES string of the molecule is CC(C)[C@H](N)C(=O)NCC(=O)NCc1cc(-c2ccccc2)no1.Cl. The van der Waals surface area contributed by atoms with Crippen LogP contribution in [0, 0.1) is 5.92 Å². The minimum Gasteiger partial charge on any atom is -0.359 e. The number of nitrogens with two attached hydrogens (primary N) is 1. The van der Waals surface area contributed by atoms with Crippen molar-refractivity contribution in [1.82, 2.24) is 15.8 Å². The summed E-state index contributed by atoms with van der Waals surface area (Å²) in [7, 11) is 0. The molecule has 0 radical (unpaired) electrons. The average molecular weight is 367 g/mol. The molecular formula is C17H23ClN4O3. The molecule has 25 heavy (non-hydrogen) atoms. The van der Waals surface area contributed by atoms with Crippen molar-refractivity contribution < 1.29 is 14.1 Å². The lowest BCUT2D eigenvalue weighted by Gasteiger charge is -2.14. The summed E-state index contributed by atoms with van der Waals surface area (Å²) in [5, 5.41) is 9.14. The largest absolute Gasteiger partial charge is 0.359 e. The highest BCUT2D eigenvalue weighted by atomic mass is 35.5. The van der Waals surface area contributed by atoms with Gasteiger partial charge in [0, 0.05) is 11.6 Å². The van der Waals surface area contributed by atoms with E-state index in [0.717, 1.165) is 5.56 Å². The molecule has 7 nitrogen and oxygen atoms in total. The number of hydrogen-bond donors (Lipinski definition) is 3. The standard InChI is InChI=1S/C17H22N4O3.ClH/c1-11(2)16(18)17(23)20-10-15(22)19-9-13-8-14(21-24-13)12-6-4-3-5-7-12;/h3-8,11,16H,9-10,18H2,1-2H3,(H,19,22)(H,20,23);1H/t16-;/m0./s1. The molecule has 0 saturated heterocycles. The van der Waals surface area contributed by atoms with Crippen LogP contribution >= 0.6 is 12.4 Å². The number of rotatable bonds is 7. The van der Waals surface area contributed by atoms with Crippen molar-refractivity contribution in [2.24, 2.45) is 11.7 Å². The molecule has 136 valence electrons. The van der Waals surface area contributed by atoms with E-state index in [4.69, 9.17) is 10.3 Å². The van der Waals surface area contributed by atoms with Gasteiger partial charge in [0.05, 0.1) is 19.1 Å². The highest BCUT2D eigenvalue weighted by Crippen LogP contribution is 2.18. The summed E-state index contributed by atoms with van der Waals surface area (Å²) in [6.07, 6.45) is 0. The summed E-state index contributed by atoms with van der Waals surface area (Å²) in [4.78, 5) is 23.4. The van der Waals surface area contributed by atoms with Crippen molar-refractivity contribution >= 4 is 24.2 Å². The minimum absolute atomic E-state index is 0. The van der Waals surface area contributed by atoms with Crippen LogP contribution < -0.4 is 16.4 Å². The Morgan fingerprint density at radius 2 is 1.88 bits per heavy atom. The molecule has 0 fully saturated rings. The van der Waals surface area contributed by atoms with Crippen LogP contribution in [0.1, 0.15) is 19.6 Å². The predicted molar refractivity (Wildman–Crippen MR) is 96.9 cm³/mol. The van der Waals surface area contributed by atoms with Gasteiger partial charge in [-0.25, -0.2) is 0 Å². The van der Waals surface area contributed by atoms with E-state index in [1.54, 1.807) is 6.07 Å². The lowest BCUT2D eigenvalue weighted by atomic mass is 10.1. The van der Waals surface area contributed by atoms with Gasteiger partial charge >= 0.3 is 0 Å². The number of nitrogens with one attached hydrogen (secondary N) is 2. The van der Waals surface area contributed by atoms with Gasteiger partial charge in [-0.1, -0.05) is 49.3 Å². The summed E-state index contributed by atoms with van der Waals surface area (Å²) in [6, 6.07) is 10.7. The first kappa shape index (κ1) is 20.7. The van der Waals surface area contributed by atoms with Gasteiger partial charge < -0.3 is 20.9 Å². The maximum Gasteiger partial charge on any atom is 0.239 e. The van der Waals surface area contributed by atoms with E-state index in [2.05, 4.69) is 15.8 Å². The Hall–Kier alpha value is -2.38. The second-order valence-electron chi connectivity index (χ2n) is 5.81. The average Bonchev–Trinajstić information content (AvgIpc) is 3.06. The zero-order chi connectivity index (χ0) is 17.5. The fraction of sp³-hybridized carbons (Fsp3) is 0.353. The second kappa shape index (κ2) is 9.80. The Bertz CT molecular complexity index is 688. The summed E-state index contributed by atoms with van der Waals surface area (Å²) in [6.45, 7) is 3.76. The summed E-state index contributed by atoms with van der Waals surface area (Å²) < 4.78 is 5.19. The number of carbonyl (C=O) groups is 2. The molecule has 2 rings (SSSR count). The van der Waals surface area contributed by atoms with E-state index < -0.39 is 6.04 Å². The zero-order valence-electron chi connectivity index (χ0n) is 14.2. The molecule has 0 spiro atoms. The summed E-state index contributed by atoms with van der Waals surface area (Å²) in [5.41, 5.74) is 7.35. The molecule has 4 N–H and O–H groups in total. The number of nitrogens with zero attached hydrogens (tertiary/aromatic N) is 1. The molecule has 0 aliphatic heterocycles. The van der Waals surface area contributed by atoms with E-state index in [9.17, 15) is 9.59 Å². The van der Waals surface area contributed by atoms with Gasteiger partial charge in [0.2, 0.25) is 11.8 Å². The molecule has 8 heteroatoms. The zero-order valence-corrected chi connectivity index (χ0v) is 15.0. The second-order valence-corrected chi connectivity index (χ2v) is 5.81. The van der Waals surface area contributed by atoms with Crippen LogP contribution in [0.25, 0.3) is 11.3 Å². The molecule has 1 heterocycles. The Labute approximate surface area is 152 Å². The van der Waals surface area contributed by atoms with Crippen molar-refractivity contribution in [3.05, 3.63) is 42.2 Å². The van der Waals surface area contributed by atoms with Crippen LogP contribution in [0.2, 0.25) is 0 Å². The third kappa shape index (κ3) is 6.21. The quantitative estimate of drug-likeness (QED) is 0.687. The van der Waals surface area contributed by atoms with Crippen LogP contribution in [-0.2, 0) is 16.1 Å². The number of carbonyl (C=O) groups excluding carboxylic acids is 2. The van der Waals surface area contributed by atoms with Crippen LogP contribution in [0.4, 0.5) is 0 Å². The monoisotopic (exact) mass is 366 g/mol. The fourth-order valence-corrected chi connectivity index (χ4v) is 1.98. The molecular weight excluding hydrogens is 344 g/mol. The minimum atomic E-state index is -0.625. The van der Waals surface area contributed by atoms with Crippen molar-refractivity contribution in [2.75, 3.05) is 6.54 Å². The van der Waals surface area contributed by atoms with Gasteiger partial charge in [-0.3, -0.25) is 9.59 Å². The Balaban J connectivity index is 0.00000312. The Morgan fingerprint density at radius 1 is 1.20 bits per heavy atom. The van der Waals surface area contributed by atoms with E-state index in [0.29, 0.717) is 11.5 Å². The maximum atomic E-state index is 11.8. The third-order valence-electron chi connectivity index (χ3n) is 3.53. The topological polar surface area (TPSA) is 110 Å². The number of benzene rings is 1. The lowest BCUT2D eigenvalue weighted by molar-refractivity contribution is -0.127. The molecule has 1 aromatic heterocycles. The Kier molecular flexibility index (Phi) is 8.10. The van der Waals surface area contributed by atoms with Crippen LogP contribution in [0.3, 0.4) is 0 Å². The van der Waals surface area contributed by atoms with E-state index in [1.807, 2.05) is 44.2 Å². The first-order valence-electron chi connectivity index (χ1n) is 7.78. The smallest absolute Gasteiger partial charge is 0.239 e. The van der Waals surface area contributed by atoms with E-state index in [1.165, 1.54) is 0 Å². The number of aromatic nitrogens is 1.